The number of aryl methyl sites for hydroxylation is 1. The molecule has 2 saturated heterocycles. The molecule has 106 valence electrons. The molecule has 19 heavy (non-hydrogen) atoms. The molecule has 1 atom stereocenters. The van der Waals surface area contributed by atoms with Crippen molar-refractivity contribution in [2.45, 2.75) is 51.1 Å². The molecule has 3 heterocycles. The molecule has 3 rings (SSSR count). The van der Waals surface area contributed by atoms with Crippen molar-refractivity contribution in [1.29, 1.82) is 0 Å². The predicted octanol–water partition coefficient (Wildman–Crippen LogP) is 2.77. The third-order valence-corrected chi connectivity index (χ3v) is 4.74. The highest BCUT2D eigenvalue weighted by atomic mass is 16.3. The highest BCUT2D eigenvalue weighted by molar-refractivity contribution is 4.98. The zero-order chi connectivity index (χ0) is 13.1. The van der Waals surface area contributed by atoms with Crippen molar-refractivity contribution in [2.24, 2.45) is 0 Å². The summed E-state index contributed by atoms with van der Waals surface area (Å²) in [5.41, 5.74) is 0. The van der Waals surface area contributed by atoms with E-state index >= 15 is 0 Å². The van der Waals surface area contributed by atoms with Crippen LogP contribution >= 0.6 is 0 Å². The summed E-state index contributed by atoms with van der Waals surface area (Å²) in [7, 11) is 0. The van der Waals surface area contributed by atoms with Crippen LogP contribution in [0.5, 0.6) is 0 Å². The van der Waals surface area contributed by atoms with Crippen molar-refractivity contribution < 1.29 is 4.42 Å². The topological polar surface area (TPSA) is 19.6 Å². The van der Waals surface area contributed by atoms with Gasteiger partial charge in [-0.15, -0.1) is 0 Å². The second-order valence-electron chi connectivity index (χ2n) is 6.18. The largest absolute Gasteiger partial charge is 0.469 e. The predicted molar refractivity (Wildman–Crippen MR) is 77.3 cm³/mol. The average molecular weight is 262 g/mol. The Bertz CT molecular complexity index is 370. The van der Waals surface area contributed by atoms with Gasteiger partial charge in [0.1, 0.15) is 5.76 Å². The lowest BCUT2D eigenvalue weighted by atomic mass is 9.97. The highest BCUT2D eigenvalue weighted by Crippen LogP contribution is 2.24. The Kier molecular flexibility index (Phi) is 4.24. The van der Waals surface area contributed by atoms with Gasteiger partial charge in [0.15, 0.2) is 0 Å². The van der Waals surface area contributed by atoms with E-state index in [-0.39, 0.29) is 0 Å². The Labute approximate surface area is 116 Å². The van der Waals surface area contributed by atoms with Crippen LogP contribution in [0.25, 0.3) is 0 Å². The van der Waals surface area contributed by atoms with Crippen molar-refractivity contribution >= 4 is 0 Å². The standard InChI is InChI=1S/C16H26N2O/c1-14-6-2-3-10-18(14)15-12-17(13-15)9-4-7-16-8-5-11-19-16/h5,8,11,14-15H,2-4,6-7,9-10,12-13H2,1H3/t14-/m1/s1. The molecular formula is C16H26N2O. The normalized spacial score (nSPS) is 26.5. The highest BCUT2D eigenvalue weighted by Gasteiger charge is 2.34. The second-order valence-corrected chi connectivity index (χ2v) is 6.18. The van der Waals surface area contributed by atoms with Crippen LogP contribution in [-0.4, -0.2) is 48.1 Å². The number of likely N-dealkylation sites (tertiary alicyclic amines) is 2. The van der Waals surface area contributed by atoms with Crippen LogP contribution in [0, 0.1) is 0 Å². The van der Waals surface area contributed by atoms with E-state index in [1.807, 2.05) is 6.07 Å². The van der Waals surface area contributed by atoms with Gasteiger partial charge in [-0.05, 0) is 51.4 Å². The van der Waals surface area contributed by atoms with Gasteiger partial charge in [0.05, 0.1) is 6.26 Å². The first-order valence-electron chi connectivity index (χ1n) is 7.83. The average Bonchev–Trinajstić information content (AvgIpc) is 2.87. The number of rotatable bonds is 5. The van der Waals surface area contributed by atoms with Crippen LogP contribution in [0.3, 0.4) is 0 Å². The smallest absolute Gasteiger partial charge is 0.103 e. The zero-order valence-electron chi connectivity index (χ0n) is 12.1. The van der Waals surface area contributed by atoms with Crippen molar-refractivity contribution in [3.8, 4) is 0 Å². The zero-order valence-corrected chi connectivity index (χ0v) is 12.1. The van der Waals surface area contributed by atoms with Gasteiger partial charge in [-0.2, -0.15) is 0 Å². The maximum Gasteiger partial charge on any atom is 0.103 e. The first-order chi connectivity index (χ1) is 9.33. The lowest BCUT2D eigenvalue weighted by molar-refractivity contribution is -0.00255. The van der Waals surface area contributed by atoms with Gasteiger partial charge in [-0.3, -0.25) is 4.90 Å². The van der Waals surface area contributed by atoms with Crippen molar-refractivity contribution in [3.63, 3.8) is 0 Å². The third-order valence-electron chi connectivity index (χ3n) is 4.74. The van der Waals surface area contributed by atoms with Gasteiger partial charge >= 0.3 is 0 Å². The van der Waals surface area contributed by atoms with Gasteiger partial charge < -0.3 is 9.32 Å². The maximum atomic E-state index is 5.37. The van der Waals surface area contributed by atoms with Crippen LogP contribution in [0.1, 0.15) is 38.4 Å². The summed E-state index contributed by atoms with van der Waals surface area (Å²) < 4.78 is 5.37. The molecule has 0 spiro atoms. The SMILES string of the molecule is C[C@@H]1CCCCN1C1CN(CCCc2ccco2)C1. The Morgan fingerprint density at radius 1 is 1.32 bits per heavy atom. The minimum Gasteiger partial charge on any atom is -0.469 e. The number of hydrogen-bond acceptors (Lipinski definition) is 3. The molecule has 0 radical (unpaired) electrons. The Morgan fingerprint density at radius 3 is 2.95 bits per heavy atom. The fourth-order valence-electron chi connectivity index (χ4n) is 3.53. The van der Waals surface area contributed by atoms with Gasteiger partial charge in [0.25, 0.3) is 0 Å². The number of furan rings is 1. The van der Waals surface area contributed by atoms with Crippen LogP contribution in [0.4, 0.5) is 0 Å². The first-order valence-corrected chi connectivity index (χ1v) is 7.83. The molecule has 2 aliphatic rings. The summed E-state index contributed by atoms with van der Waals surface area (Å²) in [4.78, 5) is 5.33. The summed E-state index contributed by atoms with van der Waals surface area (Å²) in [6.45, 7) is 7.51. The van der Waals surface area contributed by atoms with Crippen LogP contribution in [0.2, 0.25) is 0 Å². The molecule has 0 unspecified atom stereocenters. The first kappa shape index (κ1) is 13.2. The molecule has 2 aliphatic heterocycles. The molecule has 3 heteroatoms. The van der Waals surface area contributed by atoms with Crippen LogP contribution in [-0.2, 0) is 6.42 Å². The second kappa shape index (κ2) is 6.10. The molecule has 0 saturated carbocycles. The minimum absolute atomic E-state index is 0.809. The Balaban J connectivity index is 1.34. The fourth-order valence-corrected chi connectivity index (χ4v) is 3.53. The molecule has 1 aromatic rings. The monoisotopic (exact) mass is 262 g/mol. The summed E-state index contributed by atoms with van der Waals surface area (Å²) in [5, 5.41) is 0. The van der Waals surface area contributed by atoms with Crippen molar-refractivity contribution in [1.82, 2.24) is 9.80 Å². The van der Waals surface area contributed by atoms with Gasteiger partial charge in [-0.25, -0.2) is 0 Å². The maximum absolute atomic E-state index is 5.37. The van der Waals surface area contributed by atoms with E-state index in [4.69, 9.17) is 4.42 Å². The van der Waals surface area contributed by atoms with E-state index in [9.17, 15) is 0 Å². The van der Waals surface area contributed by atoms with E-state index in [0.29, 0.717) is 0 Å². The molecule has 0 N–H and O–H groups in total. The number of nitrogens with zero attached hydrogens (tertiary/aromatic N) is 2. The molecule has 0 bridgehead atoms. The summed E-state index contributed by atoms with van der Waals surface area (Å²) in [6.07, 6.45) is 8.29. The van der Waals surface area contributed by atoms with E-state index in [1.165, 1.54) is 51.9 Å². The Morgan fingerprint density at radius 2 is 2.21 bits per heavy atom. The van der Waals surface area contributed by atoms with E-state index < -0.39 is 0 Å². The Hall–Kier alpha value is -0.800. The summed E-state index contributed by atoms with van der Waals surface area (Å²) in [6, 6.07) is 5.70. The molecule has 3 nitrogen and oxygen atoms in total. The molecular weight excluding hydrogens is 236 g/mol. The molecule has 2 fully saturated rings. The number of piperidine rings is 1. The fraction of sp³-hybridized carbons (Fsp3) is 0.750. The molecule has 0 aromatic carbocycles. The summed E-state index contributed by atoms with van der Waals surface area (Å²) >= 11 is 0. The number of hydrogen-bond donors (Lipinski definition) is 0. The van der Waals surface area contributed by atoms with Crippen LogP contribution in [0.15, 0.2) is 22.8 Å². The van der Waals surface area contributed by atoms with Gasteiger partial charge in [0, 0.05) is 31.6 Å². The van der Waals surface area contributed by atoms with E-state index in [2.05, 4.69) is 22.8 Å². The van der Waals surface area contributed by atoms with E-state index in [0.717, 1.165) is 24.3 Å². The quantitative estimate of drug-likeness (QED) is 0.813. The van der Waals surface area contributed by atoms with Gasteiger partial charge in [-0.1, -0.05) is 6.42 Å². The lowest BCUT2D eigenvalue weighted by Crippen LogP contribution is -2.62. The van der Waals surface area contributed by atoms with Crippen molar-refractivity contribution in [3.05, 3.63) is 24.2 Å². The minimum atomic E-state index is 0.809. The lowest BCUT2D eigenvalue weighted by Gasteiger charge is -2.49. The summed E-state index contributed by atoms with van der Waals surface area (Å²) in [5.74, 6) is 1.13. The molecule has 1 aromatic heterocycles. The van der Waals surface area contributed by atoms with Crippen molar-refractivity contribution in [2.75, 3.05) is 26.2 Å². The van der Waals surface area contributed by atoms with Crippen LogP contribution < -0.4 is 0 Å². The van der Waals surface area contributed by atoms with Gasteiger partial charge in [0.2, 0.25) is 0 Å². The third kappa shape index (κ3) is 3.21. The molecule has 0 aliphatic carbocycles. The molecule has 0 amide bonds. The van der Waals surface area contributed by atoms with E-state index in [1.54, 1.807) is 6.26 Å².